The van der Waals surface area contributed by atoms with E-state index in [4.69, 9.17) is 23.7 Å². The monoisotopic (exact) mass is 440 g/mol. The van der Waals surface area contributed by atoms with E-state index in [-0.39, 0.29) is 30.8 Å². The van der Waals surface area contributed by atoms with Crippen LogP contribution < -0.4 is 0 Å². The summed E-state index contributed by atoms with van der Waals surface area (Å²) in [5.41, 5.74) is 0.249. The predicted octanol–water partition coefficient (Wildman–Crippen LogP) is 1.44. The minimum atomic E-state index is -1.30. The standard InChI is InChI=1S/C21H28O10/c1-7-17(22)27-9-8-10-28-20(25)15(6)21(26)31-16(11-29-18(23)13(2)3)12-30-19(24)14(4)5/h7,15-16H,1-2,4,8-12H2,3,5-6H3. The third-order valence-electron chi connectivity index (χ3n) is 3.43. The molecule has 1 atom stereocenters. The zero-order valence-corrected chi connectivity index (χ0v) is 18.0. The maximum absolute atomic E-state index is 12.2. The van der Waals surface area contributed by atoms with Crippen LogP contribution in [0, 0.1) is 5.92 Å². The largest absolute Gasteiger partial charge is 0.465 e. The highest BCUT2D eigenvalue weighted by atomic mass is 16.6. The van der Waals surface area contributed by atoms with Gasteiger partial charge >= 0.3 is 29.8 Å². The van der Waals surface area contributed by atoms with Crippen molar-refractivity contribution < 1.29 is 47.7 Å². The van der Waals surface area contributed by atoms with Crippen molar-refractivity contribution in [3.05, 3.63) is 37.0 Å². The Labute approximate surface area is 180 Å². The Morgan fingerprint density at radius 1 is 0.806 bits per heavy atom. The first-order chi connectivity index (χ1) is 14.5. The van der Waals surface area contributed by atoms with Crippen LogP contribution in [0.2, 0.25) is 0 Å². The van der Waals surface area contributed by atoms with E-state index in [2.05, 4.69) is 19.7 Å². The highest BCUT2D eigenvalue weighted by Gasteiger charge is 2.28. The predicted molar refractivity (Wildman–Crippen MR) is 107 cm³/mol. The number of ether oxygens (including phenoxy) is 5. The molecule has 31 heavy (non-hydrogen) atoms. The zero-order valence-electron chi connectivity index (χ0n) is 18.0. The summed E-state index contributed by atoms with van der Waals surface area (Å²) in [4.78, 5) is 58.3. The first kappa shape index (κ1) is 27.6. The van der Waals surface area contributed by atoms with Crippen molar-refractivity contribution in [3.8, 4) is 0 Å². The first-order valence-electron chi connectivity index (χ1n) is 9.31. The molecule has 0 aromatic heterocycles. The number of carbonyl (C=O) groups is 5. The second-order valence-corrected chi connectivity index (χ2v) is 6.43. The molecule has 0 rings (SSSR count). The smallest absolute Gasteiger partial charge is 0.333 e. The quantitative estimate of drug-likeness (QED) is 0.128. The number of rotatable bonds is 14. The van der Waals surface area contributed by atoms with E-state index in [1.165, 1.54) is 20.8 Å². The van der Waals surface area contributed by atoms with Gasteiger partial charge in [-0.1, -0.05) is 19.7 Å². The van der Waals surface area contributed by atoms with Crippen LogP contribution in [0.4, 0.5) is 0 Å². The lowest BCUT2D eigenvalue weighted by atomic mass is 10.2. The van der Waals surface area contributed by atoms with E-state index in [1.54, 1.807) is 0 Å². The lowest BCUT2D eigenvalue weighted by molar-refractivity contribution is -0.173. The number of hydrogen-bond acceptors (Lipinski definition) is 10. The topological polar surface area (TPSA) is 132 Å². The Balaban J connectivity index is 4.71. The molecule has 0 fully saturated rings. The van der Waals surface area contributed by atoms with Crippen LogP contribution in [0.5, 0.6) is 0 Å². The van der Waals surface area contributed by atoms with Gasteiger partial charge in [-0.2, -0.15) is 0 Å². The van der Waals surface area contributed by atoms with E-state index in [1.807, 2.05) is 0 Å². The van der Waals surface area contributed by atoms with Gasteiger partial charge < -0.3 is 23.7 Å². The van der Waals surface area contributed by atoms with E-state index in [9.17, 15) is 24.0 Å². The molecule has 10 heteroatoms. The highest BCUT2D eigenvalue weighted by molar-refractivity contribution is 5.94. The zero-order chi connectivity index (χ0) is 24.0. The minimum Gasteiger partial charge on any atom is -0.465 e. The molecule has 0 aliphatic carbocycles. The van der Waals surface area contributed by atoms with Gasteiger partial charge in [-0.05, 0) is 20.8 Å². The Kier molecular flexibility index (Phi) is 12.9. The molecule has 0 heterocycles. The molecule has 10 nitrogen and oxygen atoms in total. The molecule has 0 aromatic rings. The van der Waals surface area contributed by atoms with Gasteiger partial charge in [0.2, 0.25) is 0 Å². The van der Waals surface area contributed by atoms with E-state index in [0.717, 1.165) is 6.08 Å². The third-order valence-corrected chi connectivity index (χ3v) is 3.43. The minimum absolute atomic E-state index is 0.0151. The first-order valence-corrected chi connectivity index (χ1v) is 9.31. The molecule has 0 aliphatic rings. The summed E-state index contributed by atoms with van der Waals surface area (Å²) in [7, 11) is 0. The summed E-state index contributed by atoms with van der Waals surface area (Å²) < 4.78 is 24.6. The molecule has 0 radical (unpaired) electrons. The summed E-state index contributed by atoms with van der Waals surface area (Å²) in [6.45, 7) is 13.3. The molecule has 1 unspecified atom stereocenters. The molecule has 172 valence electrons. The van der Waals surface area contributed by atoms with E-state index >= 15 is 0 Å². The lowest BCUT2D eigenvalue weighted by Crippen LogP contribution is -2.35. The molecular formula is C21H28O10. The van der Waals surface area contributed by atoms with Gasteiger partial charge in [0, 0.05) is 23.6 Å². The normalized spacial score (nSPS) is 11.0. The van der Waals surface area contributed by atoms with Gasteiger partial charge in [0.1, 0.15) is 13.2 Å². The molecule has 0 N–H and O–H groups in total. The highest BCUT2D eigenvalue weighted by Crippen LogP contribution is 2.08. The van der Waals surface area contributed by atoms with Crippen LogP contribution in [-0.2, 0) is 47.7 Å². The van der Waals surface area contributed by atoms with Gasteiger partial charge in [-0.15, -0.1) is 0 Å². The van der Waals surface area contributed by atoms with Crippen LogP contribution in [0.15, 0.2) is 37.0 Å². The van der Waals surface area contributed by atoms with Gasteiger partial charge in [-0.3, -0.25) is 9.59 Å². The fraction of sp³-hybridized carbons (Fsp3) is 0.476. The van der Waals surface area contributed by atoms with E-state index < -0.39 is 55.1 Å². The van der Waals surface area contributed by atoms with Gasteiger partial charge in [0.05, 0.1) is 13.2 Å². The molecule has 0 amide bonds. The van der Waals surface area contributed by atoms with E-state index in [0.29, 0.717) is 0 Å². The third kappa shape index (κ3) is 12.0. The number of carbonyl (C=O) groups excluding carboxylic acids is 5. The number of esters is 5. The maximum Gasteiger partial charge on any atom is 0.333 e. The van der Waals surface area contributed by atoms with Crippen LogP contribution >= 0.6 is 0 Å². The Hall–Kier alpha value is -3.43. The molecule has 0 saturated carbocycles. The summed E-state index contributed by atoms with van der Waals surface area (Å²) in [5.74, 6) is -5.18. The Bertz CT molecular complexity index is 692. The van der Waals surface area contributed by atoms with Crippen molar-refractivity contribution in [1.82, 2.24) is 0 Å². The average Bonchev–Trinajstić information content (AvgIpc) is 2.73. The van der Waals surface area contributed by atoms with Crippen molar-refractivity contribution >= 4 is 29.8 Å². The summed E-state index contributed by atoms with van der Waals surface area (Å²) in [6, 6.07) is 0. The molecular weight excluding hydrogens is 412 g/mol. The van der Waals surface area contributed by atoms with Crippen LogP contribution in [0.1, 0.15) is 27.2 Å². The van der Waals surface area contributed by atoms with Gasteiger partial charge in [0.25, 0.3) is 0 Å². The van der Waals surface area contributed by atoms with Crippen molar-refractivity contribution in [1.29, 1.82) is 0 Å². The SMILES string of the molecule is C=CC(=O)OCCCOC(=O)C(C)C(=O)OC(COC(=O)C(=C)C)COC(=O)C(=C)C. The lowest BCUT2D eigenvalue weighted by Gasteiger charge is -2.20. The Morgan fingerprint density at radius 2 is 1.29 bits per heavy atom. The van der Waals surface area contributed by atoms with Crippen molar-refractivity contribution in [2.24, 2.45) is 5.92 Å². The van der Waals surface area contributed by atoms with Gasteiger partial charge in [0.15, 0.2) is 12.0 Å². The summed E-state index contributed by atoms with van der Waals surface area (Å²) >= 11 is 0. The summed E-state index contributed by atoms with van der Waals surface area (Å²) in [6.07, 6.45) is 0.0678. The van der Waals surface area contributed by atoms with Crippen LogP contribution in [0.3, 0.4) is 0 Å². The summed E-state index contributed by atoms with van der Waals surface area (Å²) in [5, 5.41) is 0. The van der Waals surface area contributed by atoms with Crippen LogP contribution in [-0.4, -0.2) is 62.4 Å². The molecule has 0 spiro atoms. The number of hydrogen-bond donors (Lipinski definition) is 0. The van der Waals surface area contributed by atoms with Crippen molar-refractivity contribution in [2.45, 2.75) is 33.3 Å². The second-order valence-electron chi connectivity index (χ2n) is 6.43. The van der Waals surface area contributed by atoms with Crippen molar-refractivity contribution in [2.75, 3.05) is 26.4 Å². The van der Waals surface area contributed by atoms with Crippen molar-refractivity contribution in [3.63, 3.8) is 0 Å². The maximum atomic E-state index is 12.2. The molecule has 0 bridgehead atoms. The van der Waals surface area contributed by atoms with Crippen LogP contribution in [0.25, 0.3) is 0 Å². The molecule has 0 aliphatic heterocycles. The second kappa shape index (κ2) is 14.5. The average molecular weight is 440 g/mol. The molecule has 0 aromatic carbocycles. The van der Waals surface area contributed by atoms with Gasteiger partial charge in [-0.25, -0.2) is 14.4 Å². The Morgan fingerprint density at radius 3 is 1.74 bits per heavy atom. The molecule has 0 saturated heterocycles. The fourth-order valence-electron chi connectivity index (χ4n) is 1.65. The fourth-order valence-corrected chi connectivity index (χ4v) is 1.65.